The first kappa shape index (κ1) is 11.8. The lowest BCUT2D eigenvalue weighted by Crippen LogP contribution is -2.25. The molecule has 0 saturated heterocycles. The monoisotopic (exact) mass is 205 g/mol. The molecular formula is C13H19NO. The first-order chi connectivity index (χ1) is 7.24. The Morgan fingerprint density at radius 3 is 2.53 bits per heavy atom. The molecule has 0 fully saturated rings. The van der Waals surface area contributed by atoms with Gasteiger partial charge in [0.05, 0.1) is 0 Å². The first-order valence-electron chi connectivity index (χ1n) is 5.53. The topological polar surface area (TPSA) is 29.1 Å². The van der Waals surface area contributed by atoms with E-state index in [9.17, 15) is 4.79 Å². The van der Waals surface area contributed by atoms with E-state index in [1.165, 1.54) is 5.56 Å². The number of carbonyl (C=O) groups excluding carboxylic acids is 1. The third-order valence-corrected chi connectivity index (χ3v) is 2.51. The van der Waals surface area contributed by atoms with Gasteiger partial charge >= 0.3 is 0 Å². The molecule has 2 heteroatoms. The van der Waals surface area contributed by atoms with Crippen molar-refractivity contribution in [2.75, 3.05) is 6.54 Å². The molecule has 82 valence electrons. The second-order valence-electron chi connectivity index (χ2n) is 3.83. The third kappa shape index (κ3) is 4.15. The van der Waals surface area contributed by atoms with Crippen molar-refractivity contribution < 1.29 is 4.79 Å². The van der Waals surface area contributed by atoms with Crippen molar-refractivity contribution in [1.29, 1.82) is 0 Å². The van der Waals surface area contributed by atoms with Gasteiger partial charge in [0.25, 0.3) is 0 Å². The molecule has 0 aliphatic heterocycles. The standard InChI is InChI=1S/C13H19NO/c1-3-7-13(10-14-11(2)15)12-8-5-4-6-9-12/h4-6,8-9,13H,3,7,10H2,1-2H3,(H,14,15)/t13-/m0/s1. The zero-order valence-corrected chi connectivity index (χ0v) is 9.49. The lowest BCUT2D eigenvalue weighted by molar-refractivity contribution is -0.119. The summed E-state index contributed by atoms with van der Waals surface area (Å²) in [7, 11) is 0. The molecule has 1 atom stereocenters. The van der Waals surface area contributed by atoms with Crippen LogP contribution in [0.15, 0.2) is 30.3 Å². The maximum absolute atomic E-state index is 10.9. The van der Waals surface area contributed by atoms with E-state index in [0.717, 1.165) is 19.4 Å². The Balaban J connectivity index is 2.61. The van der Waals surface area contributed by atoms with E-state index in [1.807, 2.05) is 18.2 Å². The predicted octanol–water partition coefficient (Wildman–Crippen LogP) is 2.71. The molecule has 0 radical (unpaired) electrons. The molecule has 1 rings (SSSR count). The number of nitrogens with one attached hydrogen (secondary N) is 1. The number of carbonyl (C=O) groups is 1. The Morgan fingerprint density at radius 1 is 1.33 bits per heavy atom. The molecule has 0 bridgehead atoms. The van der Waals surface area contributed by atoms with Gasteiger partial charge in [-0.05, 0) is 12.0 Å². The van der Waals surface area contributed by atoms with Crippen molar-refractivity contribution >= 4 is 5.91 Å². The Morgan fingerprint density at radius 2 is 2.00 bits per heavy atom. The van der Waals surface area contributed by atoms with Gasteiger partial charge in [-0.1, -0.05) is 43.7 Å². The van der Waals surface area contributed by atoms with E-state index in [0.29, 0.717) is 5.92 Å². The van der Waals surface area contributed by atoms with Gasteiger partial charge in [0.2, 0.25) is 5.91 Å². The fourth-order valence-electron chi connectivity index (χ4n) is 1.73. The van der Waals surface area contributed by atoms with Crippen LogP contribution in [0, 0.1) is 0 Å². The minimum atomic E-state index is 0.0482. The Bertz CT molecular complexity index is 295. The molecule has 0 aliphatic rings. The SMILES string of the molecule is CCC[C@@H](CNC(C)=O)c1ccccc1. The Hall–Kier alpha value is -1.31. The molecule has 2 nitrogen and oxygen atoms in total. The molecule has 1 aromatic rings. The summed E-state index contributed by atoms with van der Waals surface area (Å²) in [5.41, 5.74) is 1.31. The number of hydrogen-bond acceptors (Lipinski definition) is 1. The number of rotatable bonds is 5. The summed E-state index contributed by atoms with van der Waals surface area (Å²) in [5, 5.41) is 2.89. The fourth-order valence-corrected chi connectivity index (χ4v) is 1.73. The van der Waals surface area contributed by atoms with Crippen molar-refractivity contribution in [2.45, 2.75) is 32.6 Å². The van der Waals surface area contributed by atoms with Crippen LogP contribution in [0.25, 0.3) is 0 Å². The van der Waals surface area contributed by atoms with Crippen LogP contribution in [0.4, 0.5) is 0 Å². The highest BCUT2D eigenvalue weighted by molar-refractivity contribution is 5.72. The second-order valence-corrected chi connectivity index (χ2v) is 3.83. The summed E-state index contributed by atoms with van der Waals surface area (Å²) >= 11 is 0. The Labute approximate surface area is 91.7 Å². The van der Waals surface area contributed by atoms with Crippen LogP contribution in [-0.4, -0.2) is 12.5 Å². The normalized spacial score (nSPS) is 12.1. The molecule has 0 heterocycles. The van der Waals surface area contributed by atoms with E-state index < -0.39 is 0 Å². The van der Waals surface area contributed by atoms with E-state index >= 15 is 0 Å². The number of benzene rings is 1. The molecule has 0 saturated carbocycles. The van der Waals surface area contributed by atoms with Crippen LogP contribution < -0.4 is 5.32 Å². The summed E-state index contributed by atoms with van der Waals surface area (Å²) in [5.74, 6) is 0.493. The first-order valence-corrected chi connectivity index (χ1v) is 5.53. The van der Waals surface area contributed by atoms with E-state index in [1.54, 1.807) is 6.92 Å². The van der Waals surface area contributed by atoms with Crippen LogP contribution in [0.3, 0.4) is 0 Å². The van der Waals surface area contributed by atoms with Gasteiger partial charge in [-0.2, -0.15) is 0 Å². The van der Waals surface area contributed by atoms with Crippen LogP contribution >= 0.6 is 0 Å². The number of hydrogen-bond donors (Lipinski definition) is 1. The van der Waals surface area contributed by atoms with Crippen molar-refractivity contribution in [3.63, 3.8) is 0 Å². The second kappa shape index (κ2) is 6.23. The lowest BCUT2D eigenvalue weighted by atomic mass is 9.94. The molecule has 0 aliphatic carbocycles. The number of amides is 1. The molecule has 0 unspecified atom stereocenters. The summed E-state index contributed by atoms with van der Waals surface area (Å²) in [6.07, 6.45) is 2.25. The van der Waals surface area contributed by atoms with E-state index in [-0.39, 0.29) is 5.91 Å². The van der Waals surface area contributed by atoms with E-state index in [4.69, 9.17) is 0 Å². The van der Waals surface area contributed by atoms with Gasteiger partial charge < -0.3 is 5.32 Å². The maximum atomic E-state index is 10.9. The smallest absolute Gasteiger partial charge is 0.216 e. The summed E-state index contributed by atoms with van der Waals surface area (Å²) in [4.78, 5) is 10.9. The van der Waals surface area contributed by atoms with Crippen LogP contribution in [0.1, 0.15) is 38.2 Å². The minimum absolute atomic E-state index is 0.0482. The quantitative estimate of drug-likeness (QED) is 0.786. The summed E-state index contributed by atoms with van der Waals surface area (Å²) in [6, 6.07) is 10.4. The van der Waals surface area contributed by atoms with Gasteiger partial charge in [0.15, 0.2) is 0 Å². The molecule has 15 heavy (non-hydrogen) atoms. The highest BCUT2D eigenvalue weighted by Crippen LogP contribution is 2.19. The molecular weight excluding hydrogens is 186 g/mol. The largest absolute Gasteiger partial charge is 0.356 e. The van der Waals surface area contributed by atoms with Crippen molar-refractivity contribution in [2.24, 2.45) is 0 Å². The van der Waals surface area contributed by atoms with Crippen molar-refractivity contribution in [3.05, 3.63) is 35.9 Å². The maximum Gasteiger partial charge on any atom is 0.216 e. The molecule has 1 amide bonds. The highest BCUT2D eigenvalue weighted by Gasteiger charge is 2.10. The van der Waals surface area contributed by atoms with Crippen LogP contribution in [-0.2, 0) is 4.79 Å². The van der Waals surface area contributed by atoms with Crippen LogP contribution in [0.5, 0.6) is 0 Å². The van der Waals surface area contributed by atoms with Gasteiger partial charge in [-0.25, -0.2) is 0 Å². The fraction of sp³-hybridized carbons (Fsp3) is 0.462. The third-order valence-electron chi connectivity index (χ3n) is 2.51. The molecule has 1 N–H and O–H groups in total. The minimum Gasteiger partial charge on any atom is -0.356 e. The van der Waals surface area contributed by atoms with Gasteiger partial charge in [-0.3, -0.25) is 4.79 Å². The van der Waals surface area contributed by atoms with Gasteiger partial charge in [0.1, 0.15) is 0 Å². The molecule has 0 aromatic heterocycles. The predicted molar refractivity (Wildman–Crippen MR) is 62.8 cm³/mol. The van der Waals surface area contributed by atoms with E-state index in [2.05, 4.69) is 24.4 Å². The molecule has 1 aromatic carbocycles. The molecule has 0 spiro atoms. The average Bonchev–Trinajstić information content (AvgIpc) is 2.25. The van der Waals surface area contributed by atoms with Crippen molar-refractivity contribution in [3.8, 4) is 0 Å². The summed E-state index contributed by atoms with van der Waals surface area (Å²) in [6.45, 7) is 4.48. The highest BCUT2D eigenvalue weighted by atomic mass is 16.1. The average molecular weight is 205 g/mol. The Kier molecular flexibility index (Phi) is 4.88. The lowest BCUT2D eigenvalue weighted by Gasteiger charge is -2.16. The zero-order chi connectivity index (χ0) is 11.1. The van der Waals surface area contributed by atoms with Gasteiger partial charge in [-0.15, -0.1) is 0 Å². The van der Waals surface area contributed by atoms with Crippen molar-refractivity contribution in [1.82, 2.24) is 5.32 Å². The van der Waals surface area contributed by atoms with Gasteiger partial charge in [0, 0.05) is 19.4 Å². The zero-order valence-electron chi connectivity index (χ0n) is 9.49. The van der Waals surface area contributed by atoms with Crippen LogP contribution in [0.2, 0.25) is 0 Å². The summed E-state index contributed by atoms with van der Waals surface area (Å²) < 4.78 is 0.